The summed E-state index contributed by atoms with van der Waals surface area (Å²) in [6, 6.07) is 0. The number of hydrogen-bond donors (Lipinski definition) is 1. The first kappa shape index (κ1) is 12.7. The van der Waals surface area contributed by atoms with E-state index in [4.69, 9.17) is 10.5 Å². The summed E-state index contributed by atoms with van der Waals surface area (Å²) in [5.41, 5.74) is 5.67. The third-order valence-corrected chi connectivity index (χ3v) is 3.97. The van der Waals surface area contributed by atoms with Crippen LogP contribution in [-0.2, 0) is 4.74 Å². The minimum atomic E-state index is -0.395. The second kappa shape index (κ2) is 3.87. The summed E-state index contributed by atoms with van der Waals surface area (Å²) < 4.78 is 5.35. The Morgan fingerprint density at radius 3 is 2.59 bits per heavy atom. The number of likely N-dealkylation sites (tertiary alicyclic amines) is 1. The summed E-state index contributed by atoms with van der Waals surface area (Å²) in [5, 5.41) is 0. The molecule has 1 saturated heterocycles. The number of amides is 1. The molecule has 0 aromatic heterocycles. The number of nitrogens with zero attached hydrogens (tertiary/aromatic N) is 1. The van der Waals surface area contributed by atoms with Gasteiger partial charge in [-0.3, -0.25) is 0 Å². The van der Waals surface area contributed by atoms with E-state index in [1.807, 2.05) is 25.7 Å². The molecule has 1 heterocycles. The lowest BCUT2D eigenvalue weighted by Crippen LogP contribution is -2.54. The summed E-state index contributed by atoms with van der Waals surface area (Å²) in [4.78, 5) is 13.6. The van der Waals surface area contributed by atoms with Gasteiger partial charge in [0.25, 0.3) is 0 Å². The average molecular weight is 240 g/mol. The number of hydrogen-bond acceptors (Lipinski definition) is 3. The van der Waals surface area contributed by atoms with E-state index >= 15 is 0 Å². The van der Waals surface area contributed by atoms with E-state index < -0.39 is 5.60 Å². The van der Waals surface area contributed by atoms with E-state index in [2.05, 4.69) is 6.92 Å². The molecule has 1 saturated carbocycles. The standard InChI is InChI=1S/C13H24N2O2/c1-9(6-14)10-5-13(10)7-15(8-13)11(16)17-12(2,3)4/h9-10H,5-8,14H2,1-4H3. The molecule has 98 valence electrons. The van der Waals surface area contributed by atoms with E-state index in [1.165, 1.54) is 6.42 Å². The molecule has 2 aliphatic rings. The molecular formula is C13H24N2O2. The predicted molar refractivity (Wildman–Crippen MR) is 66.6 cm³/mol. The van der Waals surface area contributed by atoms with Crippen molar-refractivity contribution < 1.29 is 9.53 Å². The fraction of sp³-hybridized carbons (Fsp3) is 0.923. The van der Waals surface area contributed by atoms with Crippen LogP contribution in [0.25, 0.3) is 0 Å². The fourth-order valence-corrected chi connectivity index (χ4v) is 2.88. The number of carbonyl (C=O) groups excluding carboxylic acids is 1. The van der Waals surface area contributed by atoms with Crippen LogP contribution in [0.4, 0.5) is 4.79 Å². The van der Waals surface area contributed by atoms with Crippen LogP contribution in [0.5, 0.6) is 0 Å². The van der Waals surface area contributed by atoms with Crippen molar-refractivity contribution in [3.63, 3.8) is 0 Å². The Balaban J connectivity index is 1.79. The highest BCUT2D eigenvalue weighted by Gasteiger charge is 2.63. The number of nitrogens with two attached hydrogens (primary N) is 1. The molecule has 2 fully saturated rings. The summed E-state index contributed by atoms with van der Waals surface area (Å²) in [6.45, 7) is 10.4. The lowest BCUT2D eigenvalue weighted by atomic mass is 9.89. The molecule has 2 atom stereocenters. The zero-order valence-corrected chi connectivity index (χ0v) is 11.3. The molecule has 17 heavy (non-hydrogen) atoms. The van der Waals surface area contributed by atoms with Gasteiger partial charge in [0, 0.05) is 18.5 Å². The van der Waals surface area contributed by atoms with E-state index in [0.717, 1.165) is 19.6 Å². The quantitative estimate of drug-likeness (QED) is 0.801. The van der Waals surface area contributed by atoms with Crippen molar-refractivity contribution in [3.8, 4) is 0 Å². The highest BCUT2D eigenvalue weighted by atomic mass is 16.6. The summed E-state index contributed by atoms with van der Waals surface area (Å²) in [7, 11) is 0. The SMILES string of the molecule is CC(CN)C1CC12CN(C(=O)OC(C)(C)C)C2. The predicted octanol–water partition coefficient (Wildman–Crippen LogP) is 1.84. The van der Waals surface area contributed by atoms with Crippen LogP contribution in [0.2, 0.25) is 0 Å². The van der Waals surface area contributed by atoms with Crippen LogP contribution in [0, 0.1) is 17.3 Å². The van der Waals surface area contributed by atoms with Gasteiger partial charge in [0.2, 0.25) is 0 Å². The lowest BCUT2D eigenvalue weighted by molar-refractivity contribution is -0.0108. The van der Waals surface area contributed by atoms with Gasteiger partial charge >= 0.3 is 6.09 Å². The highest BCUT2D eigenvalue weighted by Crippen LogP contribution is 2.61. The molecule has 2 rings (SSSR count). The smallest absolute Gasteiger partial charge is 0.410 e. The molecule has 0 aromatic rings. The van der Waals surface area contributed by atoms with Gasteiger partial charge in [-0.15, -0.1) is 0 Å². The first-order chi connectivity index (χ1) is 7.77. The molecule has 2 N–H and O–H groups in total. The molecule has 1 aliphatic heterocycles. The van der Waals surface area contributed by atoms with Gasteiger partial charge in [0.15, 0.2) is 0 Å². The van der Waals surface area contributed by atoms with Crippen molar-refractivity contribution in [3.05, 3.63) is 0 Å². The zero-order chi connectivity index (χ0) is 12.8. The van der Waals surface area contributed by atoms with Crippen LogP contribution in [0.15, 0.2) is 0 Å². The maximum Gasteiger partial charge on any atom is 0.410 e. The third kappa shape index (κ3) is 2.41. The van der Waals surface area contributed by atoms with E-state index in [0.29, 0.717) is 17.3 Å². The van der Waals surface area contributed by atoms with Gasteiger partial charge in [-0.1, -0.05) is 6.92 Å². The van der Waals surface area contributed by atoms with Crippen molar-refractivity contribution in [2.24, 2.45) is 23.0 Å². The maximum atomic E-state index is 11.8. The Hall–Kier alpha value is -0.770. The van der Waals surface area contributed by atoms with Gasteiger partial charge < -0.3 is 15.4 Å². The van der Waals surface area contributed by atoms with Crippen LogP contribution >= 0.6 is 0 Å². The van der Waals surface area contributed by atoms with Crippen molar-refractivity contribution in [2.45, 2.75) is 39.7 Å². The first-order valence-corrected chi connectivity index (χ1v) is 6.45. The molecule has 4 heteroatoms. The van der Waals surface area contributed by atoms with E-state index in [-0.39, 0.29) is 6.09 Å². The largest absolute Gasteiger partial charge is 0.444 e. The van der Waals surface area contributed by atoms with Crippen molar-refractivity contribution in [1.29, 1.82) is 0 Å². The minimum absolute atomic E-state index is 0.172. The first-order valence-electron chi connectivity index (χ1n) is 6.45. The van der Waals surface area contributed by atoms with E-state index in [1.54, 1.807) is 0 Å². The van der Waals surface area contributed by atoms with E-state index in [9.17, 15) is 4.79 Å². The Kier molecular flexibility index (Phi) is 2.89. The monoisotopic (exact) mass is 240 g/mol. The molecule has 2 unspecified atom stereocenters. The topological polar surface area (TPSA) is 55.6 Å². The summed E-state index contributed by atoms with van der Waals surface area (Å²) >= 11 is 0. The Labute approximate surface area is 103 Å². The number of ether oxygens (including phenoxy) is 1. The molecule has 0 bridgehead atoms. The molecule has 0 aromatic carbocycles. The van der Waals surface area contributed by atoms with Crippen LogP contribution in [0.3, 0.4) is 0 Å². The van der Waals surface area contributed by atoms with Crippen molar-refractivity contribution >= 4 is 6.09 Å². The Morgan fingerprint density at radius 2 is 2.12 bits per heavy atom. The molecular weight excluding hydrogens is 216 g/mol. The van der Waals surface area contributed by atoms with Gasteiger partial charge in [-0.25, -0.2) is 4.79 Å². The van der Waals surface area contributed by atoms with Gasteiger partial charge in [0.1, 0.15) is 5.60 Å². The maximum absolute atomic E-state index is 11.8. The van der Waals surface area contributed by atoms with Gasteiger partial charge in [-0.05, 0) is 45.6 Å². The Morgan fingerprint density at radius 1 is 1.53 bits per heavy atom. The summed E-state index contributed by atoms with van der Waals surface area (Å²) in [6.07, 6.45) is 1.05. The molecule has 1 spiro atoms. The van der Waals surface area contributed by atoms with Crippen molar-refractivity contribution in [2.75, 3.05) is 19.6 Å². The Bertz CT molecular complexity index is 316. The average Bonchev–Trinajstić information content (AvgIpc) is 2.86. The van der Waals surface area contributed by atoms with Crippen LogP contribution < -0.4 is 5.73 Å². The normalized spacial score (nSPS) is 27.6. The third-order valence-electron chi connectivity index (χ3n) is 3.97. The van der Waals surface area contributed by atoms with Gasteiger partial charge in [0.05, 0.1) is 0 Å². The molecule has 1 aliphatic carbocycles. The molecule has 1 amide bonds. The van der Waals surface area contributed by atoms with Crippen LogP contribution in [0.1, 0.15) is 34.1 Å². The molecule has 4 nitrogen and oxygen atoms in total. The fourth-order valence-electron chi connectivity index (χ4n) is 2.88. The van der Waals surface area contributed by atoms with Gasteiger partial charge in [-0.2, -0.15) is 0 Å². The number of rotatable bonds is 2. The molecule has 0 radical (unpaired) electrons. The zero-order valence-electron chi connectivity index (χ0n) is 11.3. The summed E-state index contributed by atoms with van der Waals surface area (Å²) in [5.74, 6) is 1.29. The minimum Gasteiger partial charge on any atom is -0.444 e. The highest BCUT2D eigenvalue weighted by molar-refractivity contribution is 5.69. The second-order valence-corrected chi connectivity index (χ2v) is 6.72. The number of carbonyl (C=O) groups is 1. The lowest BCUT2D eigenvalue weighted by Gasteiger charge is -2.41. The van der Waals surface area contributed by atoms with Crippen LogP contribution in [-0.4, -0.2) is 36.2 Å². The second-order valence-electron chi connectivity index (χ2n) is 6.72. The van der Waals surface area contributed by atoms with Crippen molar-refractivity contribution in [1.82, 2.24) is 4.90 Å².